The number of rotatable bonds is 7. The number of carbonyl (C=O) groups is 1. The summed E-state index contributed by atoms with van der Waals surface area (Å²) in [5, 5.41) is 4.40. The lowest BCUT2D eigenvalue weighted by Crippen LogP contribution is -2.32. The summed E-state index contributed by atoms with van der Waals surface area (Å²) in [4.78, 5) is 23.5. The predicted octanol–water partition coefficient (Wildman–Crippen LogP) is 4.34. The molecule has 0 aliphatic rings. The van der Waals surface area contributed by atoms with Crippen LogP contribution in [0.5, 0.6) is 0 Å². The quantitative estimate of drug-likeness (QED) is 0.474. The van der Waals surface area contributed by atoms with E-state index >= 15 is 0 Å². The molecule has 1 aromatic heterocycles. The zero-order chi connectivity index (χ0) is 20.1. The number of nitrogens with one attached hydrogen (secondary N) is 1. The van der Waals surface area contributed by atoms with Gasteiger partial charge in [0.15, 0.2) is 5.16 Å². The minimum atomic E-state index is -0.366. The topological polar surface area (TPSA) is 58.1 Å². The van der Waals surface area contributed by atoms with Crippen LogP contribution in [-0.2, 0) is 11.3 Å². The first kappa shape index (κ1) is 20.1. The van der Waals surface area contributed by atoms with Gasteiger partial charge >= 0.3 is 0 Å². The molecule has 0 saturated carbocycles. The molecule has 1 amide bonds. The standard InChI is InChI=1S/C21H23FN4OS/c1-4-23-19-17-10-5-6-11-18(17)24-21(25-19)28-14(2)20(27)26(3)13-15-8-7-9-16(22)12-15/h5-12,14H,4,13H2,1-3H3,(H,23,24,25). The fourth-order valence-electron chi connectivity index (χ4n) is 2.92. The van der Waals surface area contributed by atoms with Crippen LogP contribution < -0.4 is 5.32 Å². The van der Waals surface area contributed by atoms with Crippen molar-refractivity contribution in [1.82, 2.24) is 14.9 Å². The van der Waals surface area contributed by atoms with Crippen molar-refractivity contribution in [3.63, 3.8) is 0 Å². The van der Waals surface area contributed by atoms with Crippen LogP contribution in [0.15, 0.2) is 53.7 Å². The number of para-hydroxylation sites is 1. The number of thioether (sulfide) groups is 1. The number of amides is 1. The van der Waals surface area contributed by atoms with Crippen LogP contribution in [-0.4, -0.2) is 39.6 Å². The van der Waals surface area contributed by atoms with E-state index in [-0.39, 0.29) is 17.0 Å². The van der Waals surface area contributed by atoms with Gasteiger partial charge in [0.05, 0.1) is 10.8 Å². The summed E-state index contributed by atoms with van der Waals surface area (Å²) < 4.78 is 13.4. The first-order valence-corrected chi connectivity index (χ1v) is 10.0. The molecular formula is C21H23FN4OS. The third-order valence-electron chi connectivity index (χ3n) is 4.24. The van der Waals surface area contributed by atoms with Gasteiger partial charge in [-0.25, -0.2) is 14.4 Å². The highest BCUT2D eigenvalue weighted by atomic mass is 32.2. The molecular weight excluding hydrogens is 375 g/mol. The molecule has 0 aliphatic heterocycles. The maximum absolute atomic E-state index is 13.4. The Balaban J connectivity index is 1.74. The lowest BCUT2D eigenvalue weighted by atomic mass is 10.2. The molecule has 3 aromatic rings. The van der Waals surface area contributed by atoms with Gasteiger partial charge in [0.2, 0.25) is 5.91 Å². The normalized spacial score (nSPS) is 12.0. The van der Waals surface area contributed by atoms with Gasteiger partial charge in [-0.3, -0.25) is 4.79 Å². The Morgan fingerprint density at radius 2 is 2.00 bits per heavy atom. The van der Waals surface area contributed by atoms with Crippen molar-refractivity contribution in [3.05, 3.63) is 59.9 Å². The van der Waals surface area contributed by atoms with Gasteiger partial charge < -0.3 is 10.2 Å². The van der Waals surface area contributed by atoms with E-state index in [1.54, 1.807) is 24.1 Å². The zero-order valence-corrected chi connectivity index (χ0v) is 17.0. The molecule has 0 fully saturated rings. The van der Waals surface area contributed by atoms with Crippen LogP contribution in [0.1, 0.15) is 19.4 Å². The van der Waals surface area contributed by atoms with Crippen molar-refractivity contribution >= 4 is 34.4 Å². The molecule has 0 saturated heterocycles. The van der Waals surface area contributed by atoms with Crippen LogP contribution in [0.3, 0.4) is 0 Å². The average Bonchev–Trinajstić information content (AvgIpc) is 2.67. The second-order valence-electron chi connectivity index (χ2n) is 6.49. The van der Waals surface area contributed by atoms with Crippen molar-refractivity contribution in [3.8, 4) is 0 Å². The second kappa shape index (κ2) is 9.01. The molecule has 146 valence electrons. The fourth-order valence-corrected chi connectivity index (χ4v) is 3.81. The van der Waals surface area contributed by atoms with Gasteiger partial charge in [0.25, 0.3) is 0 Å². The smallest absolute Gasteiger partial charge is 0.235 e. The van der Waals surface area contributed by atoms with E-state index in [1.807, 2.05) is 38.1 Å². The monoisotopic (exact) mass is 398 g/mol. The highest BCUT2D eigenvalue weighted by molar-refractivity contribution is 8.00. The van der Waals surface area contributed by atoms with Gasteiger partial charge in [-0.2, -0.15) is 0 Å². The molecule has 1 heterocycles. The molecule has 0 bridgehead atoms. The summed E-state index contributed by atoms with van der Waals surface area (Å²) in [7, 11) is 1.72. The predicted molar refractivity (Wildman–Crippen MR) is 112 cm³/mol. The molecule has 0 aliphatic carbocycles. The van der Waals surface area contributed by atoms with Crippen LogP contribution in [0, 0.1) is 5.82 Å². The van der Waals surface area contributed by atoms with E-state index in [2.05, 4.69) is 15.3 Å². The summed E-state index contributed by atoms with van der Waals surface area (Å²) in [6.07, 6.45) is 0. The molecule has 5 nitrogen and oxygen atoms in total. The number of aromatic nitrogens is 2. The lowest BCUT2D eigenvalue weighted by molar-refractivity contribution is -0.129. The van der Waals surface area contributed by atoms with Gasteiger partial charge in [0, 0.05) is 25.5 Å². The summed E-state index contributed by atoms with van der Waals surface area (Å²) in [6, 6.07) is 14.1. The number of fused-ring (bicyclic) bond motifs is 1. The van der Waals surface area contributed by atoms with Gasteiger partial charge in [0.1, 0.15) is 11.6 Å². The summed E-state index contributed by atoms with van der Waals surface area (Å²) in [5.74, 6) is 0.403. The number of hydrogen-bond donors (Lipinski definition) is 1. The summed E-state index contributed by atoms with van der Waals surface area (Å²) >= 11 is 1.32. The van der Waals surface area contributed by atoms with Crippen molar-refractivity contribution < 1.29 is 9.18 Å². The highest BCUT2D eigenvalue weighted by Gasteiger charge is 2.21. The maximum atomic E-state index is 13.4. The Morgan fingerprint density at radius 3 is 2.75 bits per heavy atom. The molecule has 7 heteroatoms. The fraction of sp³-hybridized carbons (Fsp3) is 0.286. The van der Waals surface area contributed by atoms with Gasteiger partial charge in [-0.1, -0.05) is 36.0 Å². The van der Waals surface area contributed by atoms with E-state index in [0.717, 1.165) is 28.8 Å². The number of nitrogens with zero attached hydrogens (tertiary/aromatic N) is 3. The first-order valence-electron chi connectivity index (χ1n) is 9.14. The summed E-state index contributed by atoms with van der Waals surface area (Å²) in [5.41, 5.74) is 1.59. The van der Waals surface area contributed by atoms with E-state index in [0.29, 0.717) is 11.7 Å². The van der Waals surface area contributed by atoms with E-state index in [9.17, 15) is 9.18 Å². The van der Waals surface area contributed by atoms with Crippen molar-refractivity contribution in [2.75, 3.05) is 18.9 Å². The number of carbonyl (C=O) groups excluding carboxylic acids is 1. The summed E-state index contributed by atoms with van der Waals surface area (Å²) in [6.45, 7) is 4.94. The van der Waals surface area contributed by atoms with Gasteiger partial charge in [-0.15, -0.1) is 0 Å². The van der Waals surface area contributed by atoms with Crippen LogP contribution in [0.4, 0.5) is 10.2 Å². The van der Waals surface area contributed by atoms with E-state index in [4.69, 9.17) is 0 Å². The third-order valence-corrected chi connectivity index (χ3v) is 5.19. The van der Waals surface area contributed by atoms with E-state index in [1.165, 1.54) is 23.9 Å². The van der Waals surface area contributed by atoms with Gasteiger partial charge in [-0.05, 0) is 43.7 Å². The zero-order valence-electron chi connectivity index (χ0n) is 16.1. The minimum Gasteiger partial charge on any atom is -0.370 e. The van der Waals surface area contributed by atoms with Crippen molar-refractivity contribution in [1.29, 1.82) is 0 Å². The molecule has 0 radical (unpaired) electrons. The Labute approximate surface area is 168 Å². The van der Waals surface area contributed by atoms with Crippen molar-refractivity contribution in [2.24, 2.45) is 0 Å². The Morgan fingerprint density at radius 1 is 1.21 bits per heavy atom. The molecule has 3 rings (SSSR count). The molecule has 28 heavy (non-hydrogen) atoms. The third kappa shape index (κ3) is 4.78. The molecule has 2 aromatic carbocycles. The van der Waals surface area contributed by atoms with Crippen LogP contribution >= 0.6 is 11.8 Å². The average molecular weight is 399 g/mol. The number of benzene rings is 2. The largest absolute Gasteiger partial charge is 0.370 e. The molecule has 0 spiro atoms. The SMILES string of the molecule is CCNc1nc(SC(C)C(=O)N(C)Cc2cccc(F)c2)nc2ccccc12. The van der Waals surface area contributed by atoms with Crippen molar-refractivity contribution in [2.45, 2.75) is 30.8 Å². The lowest BCUT2D eigenvalue weighted by Gasteiger charge is -2.21. The second-order valence-corrected chi connectivity index (χ2v) is 7.79. The van der Waals surface area contributed by atoms with E-state index < -0.39 is 0 Å². The molecule has 1 N–H and O–H groups in total. The number of halogens is 1. The van der Waals surface area contributed by atoms with Crippen LogP contribution in [0.25, 0.3) is 10.9 Å². The molecule has 1 atom stereocenters. The first-order chi connectivity index (χ1) is 13.5. The number of anilines is 1. The van der Waals surface area contributed by atoms with Crippen LogP contribution in [0.2, 0.25) is 0 Å². The number of hydrogen-bond acceptors (Lipinski definition) is 5. The Kier molecular flexibility index (Phi) is 6.46. The Hall–Kier alpha value is -2.67. The maximum Gasteiger partial charge on any atom is 0.235 e. The highest BCUT2D eigenvalue weighted by Crippen LogP contribution is 2.27. The minimum absolute atomic E-state index is 0.0592. The Bertz CT molecular complexity index is 982. The molecule has 1 unspecified atom stereocenters.